The van der Waals surface area contributed by atoms with Gasteiger partial charge in [0.2, 0.25) is 10.0 Å². The van der Waals surface area contributed by atoms with E-state index < -0.39 is 10.0 Å². The van der Waals surface area contributed by atoms with Crippen LogP contribution in [0, 0.1) is 0 Å². The Balaban J connectivity index is 3.16. The van der Waals surface area contributed by atoms with Gasteiger partial charge in [-0.1, -0.05) is 25.6 Å². The Morgan fingerprint density at radius 3 is 2.78 bits per heavy atom. The molecule has 1 heterocycles. The lowest BCUT2D eigenvalue weighted by Gasteiger charge is -2.18. The Morgan fingerprint density at radius 1 is 1.56 bits per heavy atom. The van der Waals surface area contributed by atoms with E-state index in [1.165, 1.54) is 16.6 Å². The van der Waals surface area contributed by atoms with Gasteiger partial charge in [-0.3, -0.25) is 4.98 Å². The molecule has 0 bridgehead atoms. The Hall–Kier alpha value is -1.05. The van der Waals surface area contributed by atoms with Crippen LogP contribution in [0.3, 0.4) is 0 Å². The molecule has 0 spiro atoms. The first-order valence-corrected chi connectivity index (χ1v) is 7.47. The number of sulfonamides is 1. The number of aromatic nitrogens is 1. The molecule has 0 radical (unpaired) electrons. The fourth-order valence-corrected chi connectivity index (χ4v) is 3.04. The first kappa shape index (κ1) is 15.0. The second-order valence-electron chi connectivity index (χ2n) is 3.89. The topological polar surface area (TPSA) is 76.3 Å². The lowest BCUT2D eigenvalue weighted by Crippen LogP contribution is -2.30. The van der Waals surface area contributed by atoms with Gasteiger partial charge < -0.3 is 5.73 Å². The predicted molar refractivity (Wildman–Crippen MR) is 74.8 cm³/mol. The number of rotatable bonds is 6. The Kier molecular flexibility index (Phi) is 5.18. The van der Waals surface area contributed by atoms with Crippen molar-refractivity contribution in [1.82, 2.24) is 9.29 Å². The van der Waals surface area contributed by atoms with Crippen molar-refractivity contribution >= 4 is 27.2 Å². The molecule has 1 aromatic rings. The van der Waals surface area contributed by atoms with Crippen LogP contribution in [0.4, 0.5) is 0 Å². The highest BCUT2D eigenvalue weighted by Crippen LogP contribution is 2.17. The lowest BCUT2D eigenvalue weighted by atomic mass is 10.3. The van der Waals surface area contributed by atoms with Crippen LogP contribution >= 0.6 is 12.2 Å². The standard InChI is InChI=1S/C11H17N3O2S2/c1-3-4-8-14(2)18(15,16)9-6-5-7-13-10(9)11(12)17/h5-7H,3-4,8H2,1-2H3,(H2,12,17). The maximum atomic E-state index is 12.3. The lowest BCUT2D eigenvalue weighted by molar-refractivity contribution is 0.459. The van der Waals surface area contributed by atoms with Gasteiger partial charge >= 0.3 is 0 Å². The Bertz CT molecular complexity index is 529. The predicted octanol–water partition coefficient (Wildman–Crippen LogP) is 1.14. The van der Waals surface area contributed by atoms with Crippen molar-refractivity contribution in [3.8, 4) is 0 Å². The summed E-state index contributed by atoms with van der Waals surface area (Å²) in [5, 5.41) is 0. The van der Waals surface area contributed by atoms with Crippen LogP contribution in [0.5, 0.6) is 0 Å². The van der Waals surface area contributed by atoms with Crippen molar-refractivity contribution in [2.24, 2.45) is 5.73 Å². The molecule has 0 aromatic carbocycles. The molecule has 0 fully saturated rings. The van der Waals surface area contributed by atoms with Gasteiger partial charge in [0.25, 0.3) is 0 Å². The monoisotopic (exact) mass is 287 g/mol. The number of pyridine rings is 1. The maximum Gasteiger partial charge on any atom is 0.245 e. The molecule has 18 heavy (non-hydrogen) atoms. The van der Waals surface area contributed by atoms with Crippen LogP contribution in [0.1, 0.15) is 25.5 Å². The number of nitrogens with zero attached hydrogens (tertiary/aromatic N) is 2. The summed E-state index contributed by atoms with van der Waals surface area (Å²) in [4.78, 5) is 3.99. The van der Waals surface area contributed by atoms with Gasteiger partial charge in [0.15, 0.2) is 0 Å². The first-order chi connectivity index (χ1) is 8.41. The third kappa shape index (κ3) is 3.24. The molecule has 0 aliphatic heterocycles. The van der Waals surface area contributed by atoms with Gasteiger partial charge in [0, 0.05) is 19.8 Å². The molecule has 100 valence electrons. The van der Waals surface area contributed by atoms with E-state index in [1.807, 2.05) is 6.92 Å². The minimum atomic E-state index is -3.58. The van der Waals surface area contributed by atoms with E-state index in [2.05, 4.69) is 4.98 Å². The maximum absolute atomic E-state index is 12.3. The average molecular weight is 287 g/mol. The molecule has 5 nitrogen and oxygen atoms in total. The summed E-state index contributed by atoms with van der Waals surface area (Å²) in [6, 6.07) is 3.03. The summed E-state index contributed by atoms with van der Waals surface area (Å²) in [7, 11) is -2.04. The van der Waals surface area contributed by atoms with Crippen molar-refractivity contribution in [3.63, 3.8) is 0 Å². The van der Waals surface area contributed by atoms with Crippen LogP contribution in [0.2, 0.25) is 0 Å². The van der Waals surface area contributed by atoms with E-state index in [0.717, 1.165) is 12.8 Å². The summed E-state index contributed by atoms with van der Waals surface area (Å²) in [6.07, 6.45) is 3.20. The molecular formula is C11H17N3O2S2. The zero-order valence-corrected chi connectivity index (χ0v) is 12.1. The highest BCUT2D eigenvalue weighted by molar-refractivity contribution is 7.89. The number of hydrogen-bond donors (Lipinski definition) is 1. The van der Waals surface area contributed by atoms with Crippen molar-refractivity contribution in [3.05, 3.63) is 24.0 Å². The quantitative estimate of drug-likeness (QED) is 0.794. The van der Waals surface area contributed by atoms with E-state index in [0.29, 0.717) is 6.54 Å². The molecule has 0 saturated heterocycles. The van der Waals surface area contributed by atoms with Crippen LogP contribution in [-0.2, 0) is 10.0 Å². The fourth-order valence-electron chi connectivity index (χ4n) is 1.45. The summed E-state index contributed by atoms with van der Waals surface area (Å²) in [6.45, 7) is 2.47. The SMILES string of the molecule is CCCCN(C)S(=O)(=O)c1cccnc1C(N)=S. The molecule has 0 unspecified atom stereocenters. The van der Waals surface area contributed by atoms with Crippen molar-refractivity contribution in [2.45, 2.75) is 24.7 Å². The Labute approximate surface area is 113 Å². The average Bonchev–Trinajstić information content (AvgIpc) is 2.35. The number of unbranched alkanes of at least 4 members (excludes halogenated alkanes) is 1. The molecule has 2 N–H and O–H groups in total. The molecule has 0 aliphatic carbocycles. The van der Waals surface area contributed by atoms with Crippen molar-refractivity contribution in [2.75, 3.05) is 13.6 Å². The summed E-state index contributed by atoms with van der Waals surface area (Å²) in [5.74, 6) is 0. The van der Waals surface area contributed by atoms with Gasteiger partial charge in [-0.2, -0.15) is 0 Å². The smallest absolute Gasteiger partial charge is 0.245 e. The summed E-state index contributed by atoms with van der Waals surface area (Å²) in [5.41, 5.74) is 5.65. The molecule has 0 amide bonds. The minimum Gasteiger partial charge on any atom is -0.388 e. The van der Waals surface area contributed by atoms with Crippen LogP contribution in [-0.4, -0.2) is 36.3 Å². The van der Waals surface area contributed by atoms with E-state index >= 15 is 0 Å². The molecule has 0 atom stereocenters. The van der Waals surface area contributed by atoms with Crippen LogP contribution in [0.15, 0.2) is 23.2 Å². The molecule has 1 rings (SSSR count). The van der Waals surface area contributed by atoms with E-state index in [-0.39, 0.29) is 15.6 Å². The molecule has 1 aromatic heterocycles. The van der Waals surface area contributed by atoms with E-state index in [1.54, 1.807) is 13.1 Å². The summed E-state index contributed by atoms with van der Waals surface area (Å²) >= 11 is 4.82. The number of hydrogen-bond acceptors (Lipinski definition) is 4. The fraction of sp³-hybridized carbons (Fsp3) is 0.455. The van der Waals surface area contributed by atoms with Gasteiger partial charge in [-0.05, 0) is 18.6 Å². The molecule has 7 heteroatoms. The molecule has 0 aliphatic rings. The number of thiocarbonyl (C=S) groups is 1. The van der Waals surface area contributed by atoms with Crippen LogP contribution in [0.25, 0.3) is 0 Å². The van der Waals surface area contributed by atoms with Crippen molar-refractivity contribution < 1.29 is 8.42 Å². The van der Waals surface area contributed by atoms with Gasteiger partial charge in [-0.25, -0.2) is 12.7 Å². The van der Waals surface area contributed by atoms with E-state index in [4.69, 9.17) is 18.0 Å². The molecular weight excluding hydrogens is 270 g/mol. The summed E-state index contributed by atoms with van der Waals surface area (Å²) < 4.78 is 26.0. The Morgan fingerprint density at radius 2 is 2.22 bits per heavy atom. The number of nitrogens with two attached hydrogens (primary N) is 1. The second-order valence-corrected chi connectivity index (χ2v) is 6.35. The van der Waals surface area contributed by atoms with Crippen LogP contribution < -0.4 is 5.73 Å². The van der Waals surface area contributed by atoms with E-state index in [9.17, 15) is 8.42 Å². The largest absolute Gasteiger partial charge is 0.388 e. The second kappa shape index (κ2) is 6.21. The van der Waals surface area contributed by atoms with Gasteiger partial charge in [0.05, 0.1) is 0 Å². The zero-order chi connectivity index (χ0) is 13.8. The first-order valence-electron chi connectivity index (χ1n) is 5.62. The third-order valence-corrected chi connectivity index (χ3v) is 4.60. The normalized spacial score (nSPS) is 11.7. The van der Waals surface area contributed by atoms with Crippen molar-refractivity contribution in [1.29, 1.82) is 0 Å². The zero-order valence-electron chi connectivity index (χ0n) is 10.5. The van der Waals surface area contributed by atoms with Gasteiger partial charge in [0.1, 0.15) is 15.6 Å². The highest BCUT2D eigenvalue weighted by atomic mass is 32.2. The highest BCUT2D eigenvalue weighted by Gasteiger charge is 2.24. The molecule has 0 saturated carbocycles. The third-order valence-electron chi connectivity index (χ3n) is 2.52. The minimum absolute atomic E-state index is 0.0157. The van der Waals surface area contributed by atoms with Gasteiger partial charge in [-0.15, -0.1) is 0 Å².